The second-order valence-electron chi connectivity index (χ2n) is 5.75. The van der Waals surface area contributed by atoms with E-state index in [2.05, 4.69) is 36.2 Å². The number of aryl methyl sites for hydroxylation is 1. The van der Waals surface area contributed by atoms with Gasteiger partial charge in [-0.1, -0.05) is 0 Å². The molecule has 1 aromatic heterocycles. The molecule has 2 heterocycles. The number of hydrogen-bond acceptors (Lipinski definition) is 2. The fourth-order valence-electron chi connectivity index (χ4n) is 3.65. The molecule has 3 atom stereocenters. The fraction of sp³-hybridized carbons (Fsp3) is 0.769. The first-order valence-corrected chi connectivity index (χ1v) is 6.39. The molecule has 1 aliphatic carbocycles. The van der Waals surface area contributed by atoms with E-state index in [4.69, 9.17) is 0 Å². The highest BCUT2D eigenvalue weighted by molar-refractivity contribution is 5.20. The summed E-state index contributed by atoms with van der Waals surface area (Å²) in [5, 5.41) is 4.31. The minimum atomic E-state index is 0.689. The largest absolute Gasteiger partial charge is 0.297 e. The lowest BCUT2D eigenvalue weighted by molar-refractivity contribution is 0.152. The summed E-state index contributed by atoms with van der Waals surface area (Å²) < 4.78 is 1.93. The van der Waals surface area contributed by atoms with Crippen LogP contribution >= 0.6 is 0 Å². The maximum absolute atomic E-state index is 4.31. The van der Waals surface area contributed by atoms with Gasteiger partial charge in [0.15, 0.2) is 0 Å². The van der Waals surface area contributed by atoms with Crippen molar-refractivity contribution in [2.24, 2.45) is 13.0 Å². The fourth-order valence-corrected chi connectivity index (χ4v) is 3.65. The minimum absolute atomic E-state index is 0.689. The molecule has 88 valence electrons. The Bertz CT molecular complexity index is 382. The summed E-state index contributed by atoms with van der Waals surface area (Å²) in [4.78, 5) is 2.69. The van der Waals surface area contributed by atoms with Gasteiger partial charge in [-0.2, -0.15) is 5.10 Å². The van der Waals surface area contributed by atoms with E-state index in [1.54, 1.807) is 0 Å². The Kier molecular flexibility index (Phi) is 2.32. The predicted molar refractivity (Wildman–Crippen MR) is 64.3 cm³/mol. The number of piperidine rings is 1. The molecule has 0 spiro atoms. The van der Waals surface area contributed by atoms with Crippen LogP contribution in [-0.4, -0.2) is 33.3 Å². The lowest BCUT2D eigenvalue weighted by atomic mass is 9.92. The van der Waals surface area contributed by atoms with E-state index in [0.717, 1.165) is 17.9 Å². The Morgan fingerprint density at radius 2 is 2.19 bits per heavy atom. The van der Waals surface area contributed by atoms with Crippen molar-refractivity contribution in [3.05, 3.63) is 18.0 Å². The number of aromatic nitrogens is 2. The van der Waals surface area contributed by atoms with E-state index in [9.17, 15) is 0 Å². The third kappa shape index (κ3) is 1.49. The standard InChI is InChI=1S/C13H21N3/c1-9(2)16-7-10-4-12(13(16)5-10)11-6-14-15(3)8-11/h6,8-10,12-13H,4-5,7H2,1-3H3. The molecule has 0 aromatic carbocycles. The number of likely N-dealkylation sites (tertiary alicyclic amines) is 1. The van der Waals surface area contributed by atoms with Gasteiger partial charge in [0.1, 0.15) is 0 Å². The minimum Gasteiger partial charge on any atom is -0.297 e. The third-order valence-electron chi connectivity index (χ3n) is 4.34. The Balaban J connectivity index is 1.83. The maximum Gasteiger partial charge on any atom is 0.0525 e. The van der Waals surface area contributed by atoms with Gasteiger partial charge in [-0.05, 0) is 38.2 Å². The molecule has 0 N–H and O–H groups in total. The van der Waals surface area contributed by atoms with Crippen molar-refractivity contribution in [2.75, 3.05) is 6.54 Å². The van der Waals surface area contributed by atoms with Gasteiger partial charge >= 0.3 is 0 Å². The molecule has 3 nitrogen and oxygen atoms in total. The number of fused-ring (bicyclic) bond motifs is 2. The van der Waals surface area contributed by atoms with Crippen LogP contribution in [0.3, 0.4) is 0 Å². The topological polar surface area (TPSA) is 21.1 Å². The quantitative estimate of drug-likeness (QED) is 0.758. The van der Waals surface area contributed by atoms with E-state index in [-0.39, 0.29) is 0 Å². The van der Waals surface area contributed by atoms with Crippen molar-refractivity contribution in [3.8, 4) is 0 Å². The summed E-state index contributed by atoms with van der Waals surface area (Å²) in [5.74, 6) is 1.66. The molecular formula is C13H21N3. The van der Waals surface area contributed by atoms with Crippen LogP contribution in [0.1, 0.15) is 38.2 Å². The molecule has 1 saturated carbocycles. The molecule has 2 bridgehead atoms. The van der Waals surface area contributed by atoms with Crippen molar-refractivity contribution in [2.45, 2.75) is 44.7 Å². The summed E-state index contributed by atoms with van der Waals surface area (Å²) in [5.41, 5.74) is 1.44. The SMILES string of the molecule is CC(C)N1CC2CC(c3cnn(C)c3)C1C2. The van der Waals surface area contributed by atoms with Crippen molar-refractivity contribution < 1.29 is 0 Å². The van der Waals surface area contributed by atoms with Gasteiger partial charge in [-0.25, -0.2) is 0 Å². The molecular weight excluding hydrogens is 198 g/mol. The molecule has 1 aliphatic heterocycles. The van der Waals surface area contributed by atoms with Gasteiger partial charge in [0.2, 0.25) is 0 Å². The van der Waals surface area contributed by atoms with Gasteiger partial charge in [-0.3, -0.25) is 9.58 Å². The van der Waals surface area contributed by atoms with Gasteiger partial charge in [0.25, 0.3) is 0 Å². The second kappa shape index (κ2) is 3.59. The molecule has 2 fully saturated rings. The van der Waals surface area contributed by atoms with Gasteiger partial charge in [0.05, 0.1) is 6.20 Å². The molecule has 1 saturated heterocycles. The van der Waals surface area contributed by atoms with Crippen molar-refractivity contribution >= 4 is 0 Å². The highest BCUT2D eigenvalue weighted by Gasteiger charge is 2.46. The smallest absolute Gasteiger partial charge is 0.0525 e. The first-order valence-electron chi connectivity index (χ1n) is 6.39. The average molecular weight is 219 g/mol. The number of rotatable bonds is 2. The second-order valence-corrected chi connectivity index (χ2v) is 5.75. The summed E-state index contributed by atoms with van der Waals surface area (Å²) in [6, 6.07) is 1.46. The number of nitrogens with zero attached hydrogens (tertiary/aromatic N) is 3. The van der Waals surface area contributed by atoms with Crippen LogP contribution in [0.15, 0.2) is 12.4 Å². The highest BCUT2D eigenvalue weighted by Crippen LogP contribution is 2.47. The Morgan fingerprint density at radius 3 is 2.75 bits per heavy atom. The summed E-state index contributed by atoms with van der Waals surface area (Å²) in [7, 11) is 2.01. The van der Waals surface area contributed by atoms with Crippen LogP contribution in [0.4, 0.5) is 0 Å². The zero-order chi connectivity index (χ0) is 11.3. The van der Waals surface area contributed by atoms with Crippen LogP contribution in [0.2, 0.25) is 0 Å². The Labute approximate surface area is 97.4 Å². The highest BCUT2D eigenvalue weighted by atomic mass is 15.2. The molecule has 16 heavy (non-hydrogen) atoms. The van der Waals surface area contributed by atoms with E-state index in [1.807, 2.05) is 11.7 Å². The van der Waals surface area contributed by atoms with Crippen molar-refractivity contribution in [3.63, 3.8) is 0 Å². The first kappa shape index (κ1) is 10.3. The monoisotopic (exact) mass is 219 g/mol. The van der Waals surface area contributed by atoms with Crippen molar-refractivity contribution in [1.82, 2.24) is 14.7 Å². The first-order chi connectivity index (χ1) is 7.65. The predicted octanol–water partition coefficient (Wildman–Crippen LogP) is 2.01. The van der Waals surface area contributed by atoms with E-state index >= 15 is 0 Å². The van der Waals surface area contributed by atoms with E-state index in [1.165, 1.54) is 24.9 Å². The van der Waals surface area contributed by atoms with Gasteiger partial charge in [0, 0.05) is 37.8 Å². The molecule has 3 unspecified atom stereocenters. The van der Waals surface area contributed by atoms with Crippen LogP contribution in [0.5, 0.6) is 0 Å². The molecule has 2 aliphatic rings. The Morgan fingerprint density at radius 1 is 1.38 bits per heavy atom. The van der Waals surface area contributed by atoms with Crippen molar-refractivity contribution in [1.29, 1.82) is 0 Å². The summed E-state index contributed by atoms with van der Waals surface area (Å²) in [6.45, 7) is 5.96. The lowest BCUT2D eigenvalue weighted by Crippen LogP contribution is -2.41. The van der Waals surface area contributed by atoms with Gasteiger partial charge < -0.3 is 0 Å². The molecule has 3 rings (SSSR count). The third-order valence-corrected chi connectivity index (χ3v) is 4.34. The molecule has 0 radical (unpaired) electrons. The zero-order valence-electron chi connectivity index (χ0n) is 10.4. The van der Waals surface area contributed by atoms with Crippen LogP contribution < -0.4 is 0 Å². The zero-order valence-corrected chi connectivity index (χ0v) is 10.4. The summed E-state index contributed by atoms with van der Waals surface area (Å²) in [6.07, 6.45) is 7.03. The van der Waals surface area contributed by atoms with Gasteiger partial charge in [-0.15, -0.1) is 0 Å². The van der Waals surface area contributed by atoms with Crippen LogP contribution in [-0.2, 0) is 7.05 Å². The summed E-state index contributed by atoms with van der Waals surface area (Å²) >= 11 is 0. The average Bonchev–Trinajstić information content (AvgIpc) is 2.89. The normalized spacial score (nSPS) is 34.1. The van der Waals surface area contributed by atoms with E-state index in [0.29, 0.717) is 6.04 Å². The Hall–Kier alpha value is -0.830. The lowest BCUT2D eigenvalue weighted by Gasteiger charge is -2.35. The maximum atomic E-state index is 4.31. The van der Waals surface area contributed by atoms with Crippen LogP contribution in [0.25, 0.3) is 0 Å². The molecule has 1 aromatic rings. The van der Waals surface area contributed by atoms with E-state index < -0.39 is 0 Å². The number of hydrogen-bond donors (Lipinski definition) is 0. The molecule has 3 heteroatoms. The molecule has 0 amide bonds. The van der Waals surface area contributed by atoms with Crippen LogP contribution in [0, 0.1) is 5.92 Å².